The van der Waals surface area contributed by atoms with E-state index in [2.05, 4.69) is 30.8 Å². The highest BCUT2D eigenvalue weighted by molar-refractivity contribution is 9.10. The molecule has 5 nitrogen and oxygen atoms in total. The monoisotopic (exact) mass is 309 g/mol. The largest absolute Gasteiger partial charge is 0.342 e. The molecule has 18 heavy (non-hydrogen) atoms. The molecule has 96 valence electrons. The fourth-order valence-electron chi connectivity index (χ4n) is 2.43. The Bertz CT molecular complexity index is 552. The van der Waals surface area contributed by atoms with Crippen molar-refractivity contribution in [1.29, 1.82) is 0 Å². The van der Waals surface area contributed by atoms with Gasteiger partial charge in [0.05, 0.1) is 4.47 Å². The van der Waals surface area contributed by atoms with Gasteiger partial charge < -0.3 is 10.6 Å². The number of hydrogen-bond acceptors (Lipinski definition) is 4. The third-order valence-corrected chi connectivity index (χ3v) is 3.98. The molecule has 0 spiro atoms. The highest BCUT2D eigenvalue weighted by Gasteiger charge is 2.18. The average Bonchev–Trinajstić information content (AvgIpc) is 2.75. The number of anilines is 1. The molecule has 6 heteroatoms. The number of imidazole rings is 1. The Kier molecular flexibility index (Phi) is 3.22. The molecule has 2 aromatic rings. The lowest BCUT2D eigenvalue weighted by Gasteiger charge is -2.22. The van der Waals surface area contributed by atoms with Crippen LogP contribution in [0, 0.1) is 0 Å². The molecule has 3 rings (SSSR count). The van der Waals surface area contributed by atoms with Gasteiger partial charge in [0, 0.05) is 37.7 Å². The van der Waals surface area contributed by atoms with Crippen molar-refractivity contribution in [2.24, 2.45) is 5.73 Å². The van der Waals surface area contributed by atoms with Crippen LogP contribution in [0.25, 0.3) is 5.65 Å². The van der Waals surface area contributed by atoms with Crippen molar-refractivity contribution >= 4 is 27.5 Å². The maximum Gasteiger partial charge on any atom is 0.211 e. The van der Waals surface area contributed by atoms with E-state index in [1.165, 1.54) is 0 Å². The molecule has 0 saturated carbocycles. The van der Waals surface area contributed by atoms with E-state index in [9.17, 15) is 0 Å². The van der Waals surface area contributed by atoms with E-state index >= 15 is 0 Å². The first-order valence-electron chi connectivity index (χ1n) is 6.24. The number of aromatic nitrogens is 3. The van der Waals surface area contributed by atoms with Gasteiger partial charge in [-0.2, -0.15) is 0 Å². The normalized spacial score (nSPS) is 21.2. The molecule has 2 aromatic heterocycles. The van der Waals surface area contributed by atoms with Crippen molar-refractivity contribution in [2.75, 3.05) is 18.0 Å². The zero-order valence-electron chi connectivity index (χ0n) is 10.1. The molecule has 1 fully saturated rings. The zero-order valence-corrected chi connectivity index (χ0v) is 11.7. The van der Waals surface area contributed by atoms with Crippen LogP contribution in [0.5, 0.6) is 0 Å². The zero-order chi connectivity index (χ0) is 12.5. The topological polar surface area (TPSA) is 59.5 Å². The van der Waals surface area contributed by atoms with Crippen molar-refractivity contribution in [3.63, 3.8) is 0 Å². The van der Waals surface area contributed by atoms with E-state index in [4.69, 9.17) is 5.73 Å². The maximum atomic E-state index is 6.02. The highest BCUT2D eigenvalue weighted by atomic mass is 79.9. The van der Waals surface area contributed by atoms with E-state index in [0.717, 1.165) is 48.4 Å². The second-order valence-corrected chi connectivity index (χ2v) is 5.56. The number of nitrogens with zero attached hydrogens (tertiary/aromatic N) is 4. The predicted molar refractivity (Wildman–Crippen MR) is 74.7 cm³/mol. The van der Waals surface area contributed by atoms with Crippen LogP contribution in [0.4, 0.5) is 5.95 Å². The minimum absolute atomic E-state index is 0.323. The van der Waals surface area contributed by atoms with Crippen LogP contribution in [0.1, 0.15) is 19.3 Å². The third kappa shape index (κ3) is 2.10. The lowest BCUT2D eigenvalue weighted by atomic mass is 10.1. The molecule has 0 amide bonds. The SMILES string of the molecule is N[C@@H]1CCCN(c2ncc(Br)c3nccn23)CC1. The second-order valence-electron chi connectivity index (χ2n) is 4.71. The minimum atomic E-state index is 0.323. The van der Waals surface area contributed by atoms with Crippen molar-refractivity contribution in [3.05, 3.63) is 23.1 Å². The standard InChI is InChI=1S/C12H16BrN5/c13-10-8-16-12(18-7-4-15-11(10)18)17-5-1-2-9(14)3-6-17/h4,7-9H,1-3,5-6,14H2/t9-/m1/s1. The number of rotatable bonds is 1. The lowest BCUT2D eigenvalue weighted by Crippen LogP contribution is -2.28. The summed E-state index contributed by atoms with van der Waals surface area (Å²) < 4.78 is 2.95. The lowest BCUT2D eigenvalue weighted by molar-refractivity contribution is 0.601. The van der Waals surface area contributed by atoms with Gasteiger partial charge in [0.2, 0.25) is 5.95 Å². The summed E-state index contributed by atoms with van der Waals surface area (Å²) in [5.74, 6) is 0.958. The van der Waals surface area contributed by atoms with Crippen molar-refractivity contribution < 1.29 is 0 Å². The van der Waals surface area contributed by atoms with Gasteiger partial charge in [-0.15, -0.1) is 0 Å². The Hall–Kier alpha value is -1.14. The van der Waals surface area contributed by atoms with Gasteiger partial charge in [-0.1, -0.05) is 0 Å². The Labute approximate surface area is 114 Å². The Morgan fingerprint density at radius 2 is 2.17 bits per heavy atom. The number of halogens is 1. The first kappa shape index (κ1) is 11.9. The molecule has 0 unspecified atom stereocenters. The third-order valence-electron chi connectivity index (χ3n) is 3.42. The quantitative estimate of drug-likeness (QED) is 0.873. The molecule has 0 aliphatic carbocycles. The van der Waals surface area contributed by atoms with Crippen LogP contribution in [-0.4, -0.2) is 33.5 Å². The van der Waals surface area contributed by atoms with Crippen LogP contribution in [0.2, 0.25) is 0 Å². The summed E-state index contributed by atoms with van der Waals surface area (Å²) in [5, 5.41) is 0. The summed E-state index contributed by atoms with van der Waals surface area (Å²) in [6, 6.07) is 0.323. The van der Waals surface area contributed by atoms with Crippen molar-refractivity contribution in [2.45, 2.75) is 25.3 Å². The van der Waals surface area contributed by atoms with E-state index < -0.39 is 0 Å². The van der Waals surface area contributed by atoms with E-state index in [-0.39, 0.29) is 0 Å². The fourth-order valence-corrected chi connectivity index (χ4v) is 2.83. The van der Waals surface area contributed by atoms with Gasteiger partial charge in [0.25, 0.3) is 0 Å². The molecule has 0 bridgehead atoms. The predicted octanol–water partition coefficient (Wildman–Crippen LogP) is 1.81. The second kappa shape index (κ2) is 4.85. The molecule has 2 N–H and O–H groups in total. The van der Waals surface area contributed by atoms with Gasteiger partial charge in [-0.25, -0.2) is 9.97 Å². The van der Waals surface area contributed by atoms with Crippen LogP contribution in [0.3, 0.4) is 0 Å². The molecule has 1 saturated heterocycles. The number of hydrogen-bond donors (Lipinski definition) is 1. The molecule has 1 atom stereocenters. The van der Waals surface area contributed by atoms with E-state index in [1.54, 1.807) is 6.20 Å². The van der Waals surface area contributed by atoms with E-state index in [1.807, 2.05) is 16.8 Å². The summed E-state index contributed by atoms with van der Waals surface area (Å²) in [7, 11) is 0. The minimum Gasteiger partial charge on any atom is -0.342 e. The van der Waals surface area contributed by atoms with Gasteiger partial charge in [-0.05, 0) is 35.2 Å². The summed E-state index contributed by atoms with van der Waals surface area (Å²) in [6.07, 6.45) is 8.81. The van der Waals surface area contributed by atoms with Crippen molar-refractivity contribution in [3.8, 4) is 0 Å². The summed E-state index contributed by atoms with van der Waals surface area (Å²) >= 11 is 3.47. The molecular formula is C12H16BrN5. The maximum absolute atomic E-state index is 6.02. The molecule has 1 aliphatic heterocycles. The highest BCUT2D eigenvalue weighted by Crippen LogP contribution is 2.22. The molecule has 0 radical (unpaired) electrons. The van der Waals surface area contributed by atoms with Crippen LogP contribution < -0.4 is 10.6 Å². The molecule has 3 heterocycles. The van der Waals surface area contributed by atoms with Gasteiger partial charge in [0.1, 0.15) is 0 Å². The van der Waals surface area contributed by atoms with Gasteiger partial charge >= 0.3 is 0 Å². The Balaban J connectivity index is 1.98. The Morgan fingerprint density at radius 3 is 3.06 bits per heavy atom. The molecular weight excluding hydrogens is 294 g/mol. The van der Waals surface area contributed by atoms with Crippen LogP contribution >= 0.6 is 15.9 Å². The number of nitrogens with two attached hydrogens (primary N) is 1. The first-order valence-corrected chi connectivity index (χ1v) is 7.03. The fraction of sp³-hybridized carbons (Fsp3) is 0.500. The smallest absolute Gasteiger partial charge is 0.211 e. The number of fused-ring (bicyclic) bond motifs is 1. The van der Waals surface area contributed by atoms with Gasteiger partial charge in [0.15, 0.2) is 5.65 Å². The molecule has 0 aromatic carbocycles. The molecule has 1 aliphatic rings. The van der Waals surface area contributed by atoms with Crippen molar-refractivity contribution in [1.82, 2.24) is 14.4 Å². The summed E-state index contributed by atoms with van der Waals surface area (Å²) in [4.78, 5) is 11.2. The first-order chi connectivity index (χ1) is 8.75. The van der Waals surface area contributed by atoms with Crippen LogP contribution in [-0.2, 0) is 0 Å². The van der Waals surface area contributed by atoms with E-state index in [0.29, 0.717) is 6.04 Å². The summed E-state index contributed by atoms with van der Waals surface area (Å²) in [6.45, 7) is 1.97. The summed E-state index contributed by atoms with van der Waals surface area (Å²) in [5.41, 5.74) is 6.93. The van der Waals surface area contributed by atoms with Gasteiger partial charge in [-0.3, -0.25) is 4.40 Å². The average molecular weight is 310 g/mol. The van der Waals surface area contributed by atoms with Crippen LogP contribution in [0.15, 0.2) is 23.1 Å². The Morgan fingerprint density at radius 1 is 1.28 bits per heavy atom.